The van der Waals surface area contributed by atoms with Gasteiger partial charge in [-0.1, -0.05) is 0 Å². The molecule has 1 atom stereocenters. The maximum atomic E-state index is 12.2. The zero-order chi connectivity index (χ0) is 15.7. The number of nitrogens with zero attached hydrogens (tertiary/aromatic N) is 1. The van der Waals surface area contributed by atoms with Crippen molar-refractivity contribution >= 4 is 28.5 Å². The standard InChI is InChI=1S/C14H13F3N2O2S.BrH/c15-14(16,17)21-10-3-1-8(2-4-10)12-11(13(20)19-22-12)9-5-6-18-7-9;/h1-4,9,18H,5-7H2,(H,19,20);1H. The Labute approximate surface area is 145 Å². The lowest BCUT2D eigenvalue weighted by atomic mass is 9.96. The number of rotatable bonds is 3. The number of halogens is 4. The normalized spacial score (nSPS) is 17.8. The number of aromatic nitrogens is 1. The number of nitrogens with one attached hydrogen (secondary N) is 1. The van der Waals surface area contributed by atoms with E-state index < -0.39 is 6.36 Å². The summed E-state index contributed by atoms with van der Waals surface area (Å²) >= 11 is 1.14. The maximum Gasteiger partial charge on any atom is 0.573 e. The smallest absolute Gasteiger partial charge is 0.492 e. The van der Waals surface area contributed by atoms with E-state index in [-0.39, 0.29) is 34.5 Å². The zero-order valence-electron chi connectivity index (χ0n) is 11.8. The van der Waals surface area contributed by atoms with Crippen LogP contribution in [0, 0.1) is 0 Å². The van der Waals surface area contributed by atoms with Crippen LogP contribution in [0.3, 0.4) is 0 Å². The molecule has 2 aromatic rings. The Kier molecular flexibility index (Phi) is 5.53. The van der Waals surface area contributed by atoms with Gasteiger partial charge in [0.05, 0.1) is 4.88 Å². The molecule has 0 amide bonds. The van der Waals surface area contributed by atoms with E-state index in [1.165, 1.54) is 12.1 Å². The van der Waals surface area contributed by atoms with Crippen molar-refractivity contribution in [3.8, 4) is 22.1 Å². The summed E-state index contributed by atoms with van der Waals surface area (Å²) in [6.07, 6.45) is -3.81. The van der Waals surface area contributed by atoms with E-state index in [4.69, 9.17) is 0 Å². The molecule has 1 saturated heterocycles. The third-order valence-electron chi connectivity index (χ3n) is 3.53. The molecule has 4 nitrogen and oxygen atoms in total. The fourth-order valence-electron chi connectivity index (χ4n) is 2.57. The first kappa shape index (κ1) is 18.0. The van der Waals surface area contributed by atoms with E-state index in [1.54, 1.807) is 12.1 Å². The first-order chi connectivity index (χ1) is 10.4. The summed E-state index contributed by atoms with van der Waals surface area (Å²) < 4.78 is 44.3. The van der Waals surface area contributed by atoms with E-state index in [0.29, 0.717) is 5.56 Å². The third-order valence-corrected chi connectivity index (χ3v) is 4.43. The highest BCUT2D eigenvalue weighted by Gasteiger charge is 2.31. The summed E-state index contributed by atoms with van der Waals surface area (Å²) in [4.78, 5) is 0.782. The average Bonchev–Trinajstić information content (AvgIpc) is 3.07. The Hall–Kier alpha value is -1.32. The van der Waals surface area contributed by atoms with Gasteiger partial charge in [0.15, 0.2) is 0 Å². The summed E-state index contributed by atoms with van der Waals surface area (Å²) in [5, 5.41) is 13.2. The topological polar surface area (TPSA) is 54.4 Å². The monoisotopic (exact) mass is 410 g/mol. The van der Waals surface area contributed by atoms with Crippen LogP contribution in [0.5, 0.6) is 11.6 Å². The number of hydrogen-bond acceptors (Lipinski definition) is 5. The Morgan fingerprint density at radius 3 is 2.52 bits per heavy atom. The SMILES string of the molecule is Br.Oc1nsc(-c2ccc(OC(F)(F)F)cc2)c1C1CCNC1. The lowest BCUT2D eigenvalue weighted by Crippen LogP contribution is -2.16. The second kappa shape index (κ2) is 7.06. The summed E-state index contributed by atoms with van der Waals surface area (Å²) in [6.45, 7) is 1.63. The van der Waals surface area contributed by atoms with Crippen LogP contribution in [-0.2, 0) is 0 Å². The van der Waals surface area contributed by atoms with Crippen molar-refractivity contribution in [2.45, 2.75) is 18.7 Å². The first-order valence-corrected chi connectivity index (χ1v) is 7.47. The third kappa shape index (κ3) is 4.15. The molecule has 3 rings (SSSR count). The zero-order valence-corrected chi connectivity index (χ0v) is 14.3. The fraction of sp³-hybridized carbons (Fsp3) is 0.357. The van der Waals surface area contributed by atoms with Gasteiger partial charge in [-0.15, -0.1) is 30.2 Å². The molecule has 1 unspecified atom stereocenters. The molecule has 1 aliphatic rings. The van der Waals surface area contributed by atoms with Gasteiger partial charge in [-0.05, 0) is 54.3 Å². The predicted octanol–water partition coefficient (Wildman–Crippen LogP) is 4.07. The number of alkyl halides is 3. The lowest BCUT2D eigenvalue weighted by molar-refractivity contribution is -0.274. The molecule has 0 radical (unpaired) electrons. The van der Waals surface area contributed by atoms with Gasteiger partial charge in [-0.3, -0.25) is 0 Å². The van der Waals surface area contributed by atoms with Gasteiger partial charge in [-0.25, -0.2) is 0 Å². The number of hydrogen-bond donors (Lipinski definition) is 2. The molecule has 1 fully saturated rings. The van der Waals surface area contributed by atoms with Gasteiger partial charge in [0.2, 0.25) is 5.88 Å². The largest absolute Gasteiger partial charge is 0.573 e. The average molecular weight is 411 g/mol. The van der Waals surface area contributed by atoms with Gasteiger partial charge >= 0.3 is 6.36 Å². The summed E-state index contributed by atoms with van der Waals surface area (Å²) in [7, 11) is 0. The molecular formula is C14H14BrF3N2O2S. The summed E-state index contributed by atoms with van der Waals surface area (Å²) in [5.41, 5.74) is 1.48. The van der Waals surface area contributed by atoms with E-state index >= 15 is 0 Å². The Morgan fingerprint density at radius 1 is 1.26 bits per heavy atom. The predicted molar refractivity (Wildman–Crippen MR) is 86.4 cm³/mol. The van der Waals surface area contributed by atoms with Gasteiger partial charge < -0.3 is 15.2 Å². The highest BCUT2D eigenvalue weighted by molar-refractivity contribution is 8.93. The van der Waals surface area contributed by atoms with Crippen molar-refractivity contribution < 1.29 is 23.0 Å². The number of benzene rings is 1. The van der Waals surface area contributed by atoms with Crippen molar-refractivity contribution in [3.63, 3.8) is 0 Å². The van der Waals surface area contributed by atoms with Crippen molar-refractivity contribution in [1.82, 2.24) is 9.69 Å². The molecule has 0 saturated carbocycles. The van der Waals surface area contributed by atoms with Crippen LogP contribution in [0.4, 0.5) is 13.2 Å². The van der Waals surface area contributed by atoms with Crippen molar-refractivity contribution in [2.75, 3.05) is 13.1 Å². The van der Waals surface area contributed by atoms with Gasteiger partial charge in [0.1, 0.15) is 5.75 Å². The fourth-order valence-corrected chi connectivity index (χ4v) is 3.45. The Morgan fingerprint density at radius 2 is 1.96 bits per heavy atom. The van der Waals surface area contributed by atoms with Crippen LogP contribution in [0.15, 0.2) is 24.3 Å². The molecule has 2 heterocycles. The highest BCUT2D eigenvalue weighted by Crippen LogP contribution is 2.41. The van der Waals surface area contributed by atoms with Gasteiger partial charge in [-0.2, -0.15) is 4.37 Å². The summed E-state index contributed by atoms with van der Waals surface area (Å²) in [6, 6.07) is 5.60. The molecule has 2 N–H and O–H groups in total. The molecule has 1 aliphatic heterocycles. The summed E-state index contributed by atoms with van der Waals surface area (Å²) in [5.74, 6) is -0.0989. The highest BCUT2D eigenvalue weighted by atomic mass is 79.9. The van der Waals surface area contributed by atoms with E-state index in [9.17, 15) is 18.3 Å². The second-order valence-electron chi connectivity index (χ2n) is 5.01. The molecule has 23 heavy (non-hydrogen) atoms. The Bertz CT molecular complexity index is 655. The van der Waals surface area contributed by atoms with Crippen molar-refractivity contribution in [2.24, 2.45) is 0 Å². The molecule has 0 aliphatic carbocycles. The maximum absolute atomic E-state index is 12.2. The molecule has 0 bridgehead atoms. The van der Waals surface area contributed by atoms with Crippen molar-refractivity contribution in [3.05, 3.63) is 29.8 Å². The molecule has 9 heteroatoms. The quantitative estimate of drug-likeness (QED) is 0.800. The van der Waals surface area contributed by atoms with Crippen LogP contribution in [0.2, 0.25) is 0 Å². The van der Waals surface area contributed by atoms with Crippen LogP contribution < -0.4 is 10.1 Å². The second-order valence-corrected chi connectivity index (χ2v) is 5.78. The molecular weight excluding hydrogens is 397 g/mol. The van der Waals surface area contributed by atoms with Gasteiger partial charge in [0.25, 0.3) is 0 Å². The van der Waals surface area contributed by atoms with Gasteiger partial charge in [0, 0.05) is 18.0 Å². The number of ether oxygens (including phenoxy) is 1. The van der Waals surface area contributed by atoms with Crippen LogP contribution in [0.1, 0.15) is 17.9 Å². The minimum absolute atomic E-state index is 0. The van der Waals surface area contributed by atoms with Crippen molar-refractivity contribution in [1.29, 1.82) is 0 Å². The molecule has 1 aromatic heterocycles. The lowest BCUT2D eigenvalue weighted by Gasteiger charge is -2.11. The van der Waals surface area contributed by atoms with Crippen LogP contribution in [0.25, 0.3) is 10.4 Å². The molecule has 126 valence electrons. The van der Waals surface area contributed by atoms with Crippen LogP contribution in [-0.4, -0.2) is 28.9 Å². The van der Waals surface area contributed by atoms with E-state index in [2.05, 4.69) is 14.4 Å². The minimum atomic E-state index is -4.70. The van der Waals surface area contributed by atoms with E-state index in [0.717, 1.165) is 41.5 Å². The molecule has 0 spiro atoms. The Balaban J connectivity index is 0.00000192. The minimum Gasteiger partial charge on any atom is -0.492 e. The van der Waals surface area contributed by atoms with E-state index in [1.807, 2.05) is 0 Å². The molecule has 1 aromatic carbocycles. The number of aromatic hydroxyl groups is 1. The van der Waals surface area contributed by atoms with Crippen LogP contribution >= 0.6 is 28.5 Å². The first-order valence-electron chi connectivity index (χ1n) is 6.69.